The number of ether oxygens (including phenoxy) is 2. The fourth-order valence-corrected chi connectivity index (χ4v) is 3.17. The van der Waals surface area contributed by atoms with Gasteiger partial charge in [0.05, 0.1) is 5.02 Å². The maximum atomic E-state index is 12.6. The fourth-order valence-electron chi connectivity index (χ4n) is 2.93. The Bertz CT molecular complexity index is 826. The fraction of sp³-hybridized carbons (Fsp3) is 0.556. The molecule has 1 aromatic rings. The van der Waals surface area contributed by atoms with E-state index in [-0.39, 0.29) is 43.5 Å². The van der Waals surface area contributed by atoms with Crippen LogP contribution in [0.2, 0.25) is 5.02 Å². The molecular weight excluding hydrogens is 474 g/mol. The third-order valence-corrected chi connectivity index (χ3v) is 5.02. The maximum absolute atomic E-state index is 12.6. The number of rotatable bonds is 6. The van der Waals surface area contributed by atoms with Crippen molar-refractivity contribution < 1.29 is 50.5 Å². The number of carbonyl (C=O) groups is 2. The topological polar surface area (TPSA) is 79.3 Å². The molecule has 0 atom stereocenters. The second-order valence-electron chi connectivity index (χ2n) is 6.98. The first kappa shape index (κ1) is 25.8. The van der Waals surface area contributed by atoms with Crippen LogP contribution in [0.25, 0.3) is 0 Å². The molecule has 1 N–H and O–H groups in total. The molecule has 2 rings (SSSR count). The summed E-state index contributed by atoms with van der Waals surface area (Å²) in [5, 5.41) is 9.04. The van der Waals surface area contributed by atoms with E-state index in [2.05, 4.69) is 4.74 Å². The molecule has 1 aliphatic heterocycles. The van der Waals surface area contributed by atoms with Crippen molar-refractivity contribution in [3.8, 4) is 5.75 Å². The lowest BCUT2D eigenvalue weighted by Crippen LogP contribution is -2.52. The summed E-state index contributed by atoms with van der Waals surface area (Å²) in [6, 6.07) is 3.35. The van der Waals surface area contributed by atoms with Crippen LogP contribution in [0.15, 0.2) is 12.1 Å². The second-order valence-corrected chi connectivity index (χ2v) is 7.36. The summed E-state index contributed by atoms with van der Waals surface area (Å²) in [7, 11) is 0. The summed E-state index contributed by atoms with van der Waals surface area (Å²) in [4.78, 5) is 25.2. The van der Waals surface area contributed by atoms with Crippen molar-refractivity contribution in [1.82, 2.24) is 9.80 Å². The summed E-state index contributed by atoms with van der Waals surface area (Å²) in [5.41, 5.74) is 1.18. The molecule has 0 spiro atoms. The summed E-state index contributed by atoms with van der Waals surface area (Å²) >= 11 is 6.20. The first-order valence-corrected chi connectivity index (χ1v) is 9.52. The number of piperazine rings is 1. The number of aryl methyl sites for hydroxylation is 1. The van der Waals surface area contributed by atoms with Gasteiger partial charge < -0.3 is 19.5 Å². The lowest BCUT2D eigenvalue weighted by atomic mass is 10.1. The Kier molecular flexibility index (Phi) is 8.10. The number of nitrogens with zero attached hydrogens (tertiary/aromatic N) is 2. The molecule has 1 amide bonds. The highest BCUT2D eigenvalue weighted by atomic mass is 35.5. The summed E-state index contributed by atoms with van der Waals surface area (Å²) in [5.74, 6) is -1.05. The summed E-state index contributed by atoms with van der Waals surface area (Å²) in [6.07, 6.45) is -17.5. The van der Waals surface area contributed by atoms with Gasteiger partial charge in [-0.1, -0.05) is 23.7 Å². The first-order valence-electron chi connectivity index (χ1n) is 9.14. The monoisotopic (exact) mass is 492 g/mol. The third-order valence-electron chi connectivity index (χ3n) is 4.55. The van der Waals surface area contributed by atoms with Crippen molar-refractivity contribution in [1.29, 1.82) is 0 Å². The minimum atomic E-state index is -5.78. The quantitative estimate of drug-likeness (QED) is 0.608. The Morgan fingerprint density at radius 2 is 1.66 bits per heavy atom. The molecule has 1 fully saturated rings. The van der Waals surface area contributed by atoms with E-state index in [1.807, 2.05) is 0 Å². The number of hydrogen-bond donors (Lipinski definition) is 1. The maximum Gasteiger partial charge on any atom is 0.434 e. The predicted molar refractivity (Wildman–Crippen MR) is 98.5 cm³/mol. The van der Waals surface area contributed by atoms with Gasteiger partial charge in [0.15, 0.2) is 6.61 Å². The minimum Gasteiger partial charge on any atom is -0.480 e. The Hall–Kier alpha value is -2.41. The van der Waals surface area contributed by atoms with E-state index in [0.29, 0.717) is 11.1 Å². The predicted octanol–water partition coefficient (Wildman–Crippen LogP) is 3.86. The molecule has 0 unspecified atom stereocenters. The van der Waals surface area contributed by atoms with Gasteiger partial charge in [0.25, 0.3) is 6.10 Å². The van der Waals surface area contributed by atoms with Crippen molar-refractivity contribution in [2.75, 3.05) is 32.8 Å². The van der Waals surface area contributed by atoms with E-state index < -0.39 is 37.1 Å². The largest absolute Gasteiger partial charge is 0.480 e. The highest BCUT2D eigenvalue weighted by Crippen LogP contribution is 2.36. The zero-order valence-corrected chi connectivity index (χ0v) is 17.4. The summed E-state index contributed by atoms with van der Waals surface area (Å²) in [6.45, 7) is 1.14. The van der Waals surface area contributed by atoms with Crippen LogP contribution in [-0.4, -0.2) is 78.2 Å². The highest BCUT2D eigenvalue weighted by Gasteiger charge is 2.60. The highest BCUT2D eigenvalue weighted by molar-refractivity contribution is 6.33. The van der Waals surface area contributed by atoms with E-state index in [0.717, 1.165) is 4.90 Å². The summed E-state index contributed by atoms with van der Waals surface area (Å²) < 4.78 is 84.4. The van der Waals surface area contributed by atoms with E-state index in [4.69, 9.17) is 21.4 Å². The molecule has 32 heavy (non-hydrogen) atoms. The first-order chi connectivity index (χ1) is 14.7. The Balaban J connectivity index is 2.01. The van der Waals surface area contributed by atoms with Crippen molar-refractivity contribution in [2.45, 2.75) is 31.9 Å². The molecule has 0 radical (unpaired) electrons. The zero-order valence-electron chi connectivity index (χ0n) is 16.6. The van der Waals surface area contributed by atoms with Gasteiger partial charge in [-0.2, -0.15) is 26.3 Å². The molecule has 0 saturated carbocycles. The number of aliphatic carboxylic acids is 1. The number of carboxylic acids is 1. The molecule has 1 saturated heterocycles. The van der Waals surface area contributed by atoms with Gasteiger partial charge in [0.1, 0.15) is 5.75 Å². The van der Waals surface area contributed by atoms with Gasteiger partial charge in [-0.25, -0.2) is 9.59 Å². The van der Waals surface area contributed by atoms with Crippen LogP contribution in [0.3, 0.4) is 0 Å². The van der Waals surface area contributed by atoms with Crippen LogP contribution in [0, 0.1) is 6.92 Å². The van der Waals surface area contributed by atoms with Crippen LogP contribution < -0.4 is 4.74 Å². The molecule has 1 aromatic carbocycles. The second kappa shape index (κ2) is 10.0. The van der Waals surface area contributed by atoms with Crippen LogP contribution in [0.1, 0.15) is 11.1 Å². The molecule has 14 heteroatoms. The van der Waals surface area contributed by atoms with Gasteiger partial charge in [-0.3, -0.25) is 4.90 Å². The van der Waals surface area contributed by atoms with Crippen molar-refractivity contribution in [3.05, 3.63) is 28.3 Å². The van der Waals surface area contributed by atoms with E-state index >= 15 is 0 Å². The minimum absolute atomic E-state index is 0.113. The van der Waals surface area contributed by atoms with Gasteiger partial charge in [-0.15, -0.1) is 0 Å². The van der Waals surface area contributed by atoms with E-state index in [1.54, 1.807) is 24.0 Å². The average molecular weight is 493 g/mol. The van der Waals surface area contributed by atoms with Gasteiger partial charge in [-0.05, 0) is 12.5 Å². The van der Waals surface area contributed by atoms with E-state index in [1.165, 1.54) is 0 Å². The van der Waals surface area contributed by atoms with Crippen LogP contribution in [0.4, 0.5) is 31.1 Å². The molecule has 1 aliphatic rings. The molecule has 180 valence electrons. The molecule has 0 bridgehead atoms. The van der Waals surface area contributed by atoms with Gasteiger partial charge in [0.2, 0.25) is 0 Å². The van der Waals surface area contributed by atoms with E-state index in [9.17, 15) is 35.9 Å². The Morgan fingerprint density at radius 3 is 2.16 bits per heavy atom. The Labute approximate surface area is 183 Å². The molecular formula is C18H19ClF6N2O5. The van der Waals surface area contributed by atoms with Crippen molar-refractivity contribution in [3.63, 3.8) is 0 Å². The lowest BCUT2D eigenvalue weighted by Gasteiger charge is -2.35. The normalized spacial score (nSPS) is 15.7. The van der Waals surface area contributed by atoms with Gasteiger partial charge >= 0.3 is 24.4 Å². The van der Waals surface area contributed by atoms with Crippen molar-refractivity contribution >= 4 is 23.7 Å². The average Bonchev–Trinajstić information content (AvgIpc) is 2.67. The van der Waals surface area contributed by atoms with Crippen molar-refractivity contribution in [2.24, 2.45) is 0 Å². The zero-order chi connectivity index (χ0) is 24.3. The number of hydrogen-bond acceptors (Lipinski definition) is 5. The molecule has 0 aromatic heterocycles. The number of halogens is 7. The number of amides is 1. The lowest BCUT2D eigenvalue weighted by molar-refractivity contribution is -0.308. The van der Waals surface area contributed by atoms with Crippen LogP contribution >= 0.6 is 11.6 Å². The Morgan fingerprint density at radius 1 is 1.09 bits per heavy atom. The standard InChI is InChI=1S/C18H19ClF6N2O5/c1-10-2-3-11(14(13(10)19)31-9-12(28)29)8-26-4-6-27(7-5-26)16(30)32-15(17(20,21)22)18(23,24)25/h2-3,15H,4-9H2,1H3,(H,28,29). The molecule has 1 heterocycles. The molecule has 0 aliphatic carbocycles. The molecule has 7 nitrogen and oxygen atoms in total. The number of alkyl halides is 6. The van der Waals surface area contributed by atoms with Crippen LogP contribution in [-0.2, 0) is 16.1 Å². The number of benzene rings is 1. The van der Waals surface area contributed by atoms with Gasteiger partial charge in [0, 0.05) is 38.3 Å². The van der Waals surface area contributed by atoms with Crippen LogP contribution in [0.5, 0.6) is 5.75 Å². The SMILES string of the molecule is Cc1ccc(CN2CCN(C(=O)OC(C(F)(F)F)C(F)(F)F)CC2)c(OCC(=O)O)c1Cl. The smallest absolute Gasteiger partial charge is 0.434 e. The number of carbonyl (C=O) groups excluding carboxylic acids is 1. The number of carboxylic acid groups (broad SMARTS) is 1. The third kappa shape index (κ3) is 6.79.